The number of thioether (sulfide) groups is 1. The third-order valence-corrected chi connectivity index (χ3v) is 3.30. The Morgan fingerprint density at radius 1 is 1.25 bits per heavy atom. The van der Waals surface area contributed by atoms with Crippen molar-refractivity contribution in [2.24, 2.45) is 0 Å². The average Bonchev–Trinajstić information content (AvgIpc) is 2.42. The van der Waals surface area contributed by atoms with Crippen LogP contribution >= 0.6 is 11.8 Å². The van der Waals surface area contributed by atoms with E-state index in [1.165, 1.54) is 4.90 Å². The second-order valence-electron chi connectivity index (χ2n) is 4.61. The molecule has 0 aliphatic heterocycles. The first-order valence-electron chi connectivity index (χ1n) is 6.42. The smallest absolute Gasteiger partial charge is 0.239 e. The highest BCUT2D eigenvalue weighted by molar-refractivity contribution is 7.98. The number of ether oxygens (including phenoxy) is 1. The highest BCUT2D eigenvalue weighted by Gasteiger charge is 2.07. The first-order chi connectivity index (χ1) is 9.58. The lowest BCUT2D eigenvalue weighted by molar-refractivity contribution is 0.234. The van der Waals surface area contributed by atoms with Crippen molar-refractivity contribution in [1.82, 2.24) is 4.98 Å². The summed E-state index contributed by atoms with van der Waals surface area (Å²) >= 11 is 1.70. The van der Waals surface area contributed by atoms with Gasteiger partial charge in [-0.1, -0.05) is 6.07 Å². The summed E-state index contributed by atoms with van der Waals surface area (Å²) in [5, 5.41) is 3.26. The van der Waals surface area contributed by atoms with Crippen LogP contribution in [-0.4, -0.2) is 17.3 Å². The molecule has 0 radical (unpaired) electrons. The Morgan fingerprint density at radius 3 is 2.75 bits per heavy atom. The lowest BCUT2D eigenvalue weighted by Gasteiger charge is -2.13. The molecule has 0 saturated heterocycles. The summed E-state index contributed by atoms with van der Waals surface area (Å²) < 4.78 is 5.59. The number of hydrogen-bond acceptors (Lipinski definition) is 5. The van der Waals surface area contributed by atoms with Gasteiger partial charge in [-0.3, -0.25) is 0 Å². The van der Waals surface area contributed by atoms with Crippen LogP contribution in [0.5, 0.6) is 5.88 Å². The predicted molar refractivity (Wildman–Crippen MR) is 85.9 cm³/mol. The molecule has 0 aliphatic rings. The number of nitrogens with one attached hydrogen (secondary N) is 1. The molecule has 4 nitrogen and oxygen atoms in total. The SMILES string of the molecule is CSc1cccc(Nc2ccc(N)c(OC(C)C)n2)c1. The number of nitrogen functional groups attached to an aromatic ring is 1. The van der Waals surface area contributed by atoms with Crippen LogP contribution < -0.4 is 15.8 Å². The third-order valence-electron chi connectivity index (χ3n) is 2.58. The van der Waals surface area contributed by atoms with Gasteiger partial charge in [-0.25, -0.2) is 0 Å². The van der Waals surface area contributed by atoms with Crippen molar-refractivity contribution < 1.29 is 4.74 Å². The van der Waals surface area contributed by atoms with E-state index in [1.807, 2.05) is 32.0 Å². The Balaban J connectivity index is 2.20. The Bertz CT molecular complexity index is 587. The van der Waals surface area contributed by atoms with Gasteiger partial charge in [0, 0.05) is 10.6 Å². The fourth-order valence-electron chi connectivity index (χ4n) is 1.69. The Labute approximate surface area is 123 Å². The third kappa shape index (κ3) is 3.81. The first-order valence-corrected chi connectivity index (χ1v) is 7.65. The van der Waals surface area contributed by atoms with Crippen LogP contribution in [0.4, 0.5) is 17.2 Å². The van der Waals surface area contributed by atoms with E-state index in [0.717, 1.165) is 5.69 Å². The number of nitrogens with two attached hydrogens (primary N) is 1. The van der Waals surface area contributed by atoms with E-state index in [-0.39, 0.29) is 6.10 Å². The fourth-order valence-corrected chi connectivity index (χ4v) is 2.15. The second-order valence-corrected chi connectivity index (χ2v) is 5.49. The van der Waals surface area contributed by atoms with Gasteiger partial charge in [0.2, 0.25) is 5.88 Å². The van der Waals surface area contributed by atoms with Gasteiger partial charge in [0.25, 0.3) is 0 Å². The molecule has 0 amide bonds. The molecule has 0 atom stereocenters. The summed E-state index contributed by atoms with van der Waals surface area (Å²) in [5.74, 6) is 1.18. The molecular weight excluding hydrogens is 270 g/mol. The Hall–Kier alpha value is -1.88. The molecule has 0 fully saturated rings. The summed E-state index contributed by atoms with van der Waals surface area (Å²) in [4.78, 5) is 5.60. The molecule has 2 aromatic rings. The van der Waals surface area contributed by atoms with Crippen molar-refractivity contribution >= 4 is 29.0 Å². The summed E-state index contributed by atoms with van der Waals surface area (Å²) in [5.41, 5.74) is 7.39. The topological polar surface area (TPSA) is 60.2 Å². The fraction of sp³-hybridized carbons (Fsp3) is 0.267. The van der Waals surface area contributed by atoms with Crippen LogP contribution in [0, 0.1) is 0 Å². The molecule has 2 rings (SSSR count). The number of rotatable bonds is 5. The van der Waals surface area contributed by atoms with E-state index in [0.29, 0.717) is 17.4 Å². The lowest BCUT2D eigenvalue weighted by Crippen LogP contribution is -2.09. The van der Waals surface area contributed by atoms with Gasteiger partial charge in [0.05, 0.1) is 11.8 Å². The minimum atomic E-state index is 0.0415. The average molecular weight is 289 g/mol. The van der Waals surface area contributed by atoms with Crippen molar-refractivity contribution in [1.29, 1.82) is 0 Å². The Kier molecular flexibility index (Phi) is 4.74. The van der Waals surface area contributed by atoms with Crippen LogP contribution in [-0.2, 0) is 0 Å². The summed E-state index contributed by atoms with van der Waals surface area (Å²) in [6.45, 7) is 3.90. The zero-order valence-electron chi connectivity index (χ0n) is 11.9. The van der Waals surface area contributed by atoms with E-state index in [1.54, 1.807) is 17.8 Å². The van der Waals surface area contributed by atoms with E-state index in [9.17, 15) is 0 Å². The maximum absolute atomic E-state index is 5.86. The molecule has 1 heterocycles. The zero-order valence-corrected chi connectivity index (χ0v) is 12.7. The molecule has 106 valence electrons. The molecule has 0 spiro atoms. The van der Waals surface area contributed by atoms with Gasteiger partial charge in [0.15, 0.2) is 0 Å². The molecular formula is C15H19N3OS. The molecule has 1 aromatic carbocycles. The maximum Gasteiger partial charge on any atom is 0.239 e. The number of aromatic nitrogens is 1. The maximum atomic E-state index is 5.86. The van der Waals surface area contributed by atoms with Gasteiger partial charge < -0.3 is 15.8 Å². The summed E-state index contributed by atoms with van der Waals surface area (Å²) in [6, 6.07) is 11.8. The second kappa shape index (κ2) is 6.52. The standard InChI is InChI=1S/C15H19N3OS/c1-10(2)19-15-13(16)7-8-14(18-15)17-11-5-4-6-12(9-11)20-3/h4-10H,16H2,1-3H3,(H,17,18). The minimum Gasteiger partial charge on any atom is -0.473 e. The predicted octanol–water partition coefficient (Wildman–Crippen LogP) is 3.92. The zero-order chi connectivity index (χ0) is 14.5. The van der Waals surface area contributed by atoms with E-state index >= 15 is 0 Å². The van der Waals surface area contributed by atoms with Gasteiger partial charge in [0.1, 0.15) is 5.82 Å². The highest BCUT2D eigenvalue weighted by atomic mass is 32.2. The molecule has 3 N–H and O–H groups in total. The van der Waals surface area contributed by atoms with E-state index in [2.05, 4.69) is 28.7 Å². The molecule has 1 aromatic heterocycles. The van der Waals surface area contributed by atoms with Crippen molar-refractivity contribution in [3.63, 3.8) is 0 Å². The first kappa shape index (κ1) is 14.5. The summed E-state index contributed by atoms with van der Waals surface area (Å²) in [7, 11) is 0. The molecule has 5 heteroatoms. The van der Waals surface area contributed by atoms with Gasteiger partial charge in [-0.05, 0) is 50.4 Å². The molecule has 20 heavy (non-hydrogen) atoms. The van der Waals surface area contributed by atoms with Crippen LogP contribution in [0.3, 0.4) is 0 Å². The van der Waals surface area contributed by atoms with Crippen molar-refractivity contribution in [2.75, 3.05) is 17.3 Å². The van der Waals surface area contributed by atoms with E-state index in [4.69, 9.17) is 10.5 Å². The van der Waals surface area contributed by atoms with Crippen molar-refractivity contribution in [3.05, 3.63) is 36.4 Å². The molecule has 0 bridgehead atoms. The van der Waals surface area contributed by atoms with E-state index < -0.39 is 0 Å². The highest BCUT2D eigenvalue weighted by Crippen LogP contribution is 2.25. The van der Waals surface area contributed by atoms with Gasteiger partial charge in [-0.15, -0.1) is 11.8 Å². The van der Waals surface area contributed by atoms with Gasteiger partial charge >= 0.3 is 0 Å². The molecule has 0 unspecified atom stereocenters. The molecule has 0 saturated carbocycles. The number of hydrogen-bond donors (Lipinski definition) is 2. The van der Waals surface area contributed by atoms with Crippen molar-refractivity contribution in [2.45, 2.75) is 24.8 Å². The molecule has 0 aliphatic carbocycles. The van der Waals surface area contributed by atoms with Crippen molar-refractivity contribution in [3.8, 4) is 5.88 Å². The number of pyridine rings is 1. The normalized spacial score (nSPS) is 10.6. The van der Waals surface area contributed by atoms with Crippen LogP contribution in [0.1, 0.15) is 13.8 Å². The number of anilines is 3. The minimum absolute atomic E-state index is 0.0415. The number of benzene rings is 1. The van der Waals surface area contributed by atoms with Gasteiger partial charge in [-0.2, -0.15) is 4.98 Å². The number of nitrogens with zero attached hydrogens (tertiary/aromatic N) is 1. The quantitative estimate of drug-likeness (QED) is 0.817. The van der Waals surface area contributed by atoms with Crippen LogP contribution in [0.2, 0.25) is 0 Å². The Morgan fingerprint density at radius 2 is 2.05 bits per heavy atom. The van der Waals surface area contributed by atoms with Crippen LogP contribution in [0.15, 0.2) is 41.3 Å². The monoisotopic (exact) mass is 289 g/mol. The summed E-state index contributed by atoms with van der Waals surface area (Å²) in [6.07, 6.45) is 2.09. The lowest BCUT2D eigenvalue weighted by atomic mass is 10.3. The van der Waals surface area contributed by atoms with Crippen LogP contribution in [0.25, 0.3) is 0 Å². The largest absolute Gasteiger partial charge is 0.473 e.